The van der Waals surface area contributed by atoms with Gasteiger partial charge in [-0.1, -0.05) is 6.42 Å². The van der Waals surface area contributed by atoms with E-state index in [1.165, 1.54) is 25.8 Å². The van der Waals surface area contributed by atoms with Crippen LogP contribution in [0.1, 0.15) is 46.0 Å². The second-order valence-electron chi connectivity index (χ2n) is 7.41. The Labute approximate surface area is 163 Å². The van der Waals surface area contributed by atoms with Crippen LogP contribution in [0.2, 0.25) is 0 Å². The molecule has 2 rings (SSSR count). The summed E-state index contributed by atoms with van der Waals surface area (Å²) in [4.78, 5) is 14.9. The van der Waals surface area contributed by atoms with Crippen molar-refractivity contribution in [3.8, 4) is 11.5 Å². The van der Waals surface area contributed by atoms with E-state index in [4.69, 9.17) is 9.47 Å². The van der Waals surface area contributed by atoms with Crippen molar-refractivity contribution in [1.29, 1.82) is 0 Å². The Balaban J connectivity index is 1.70. The lowest BCUT2D eigenvalue weighted by Crippen LogP contribution is -2.39. The minimum absolute atomic E-state index is 0.0359. The van der Waals surface area contributed by atoms with E-state index >= 15 is 0 Å². The number of anilines is 1. The third kappa shape index (κ3) is 7.03. The molecule has 152 valence electrons. The summed E-state index contributed by atoms with van der Waals surface area (Å²) < 4.78 is 10.5. The monoisotopic (exact) mass is 377 g/mol. The first kappa shape index (κ1) is 21.5. The highest BCUT2D eigenvalue weighted by Crippen LogP contribution is 2.29. The van der Waals surface area contributed by atoms with Crippen LogP contribution in [0.15, 0.2) is 18.2 Å². The maximum atomic E-state index is 12.4. The third-order valence-electron chi connectivity index (χ3n) is 5.23. The number of carbonyl (C=O) groups excluding carboxylic acids is 1. The number of nitrogens with one attached hydrogen (secondary N) is 2. The van der Waals surface area contributed by atoms with Gasteiger partial charge in [0.15, 0.2) is 0 Å². The molecule has 2 unspecified atom stereocenters. The van der Waals surface area contributed by atoms with Crippen molar-refractivity contribution < 1.29 is 14.3 Å². The van der Waals surface area contributed by atoms with Crippen LogP contribution in [0, 0.1) is 0 Å². The highest BCUT2D eigenvalue weighted by atomic mass is 16.5. The number of nitrogens with zero attached hydrogens (tertiary/aromatic N) is 1. The lowest BCUT2D eigenvalue weighted by molar-refractivity contribution is -0.116. The summed E-state index contributed by atoms with van der Waals surface area (Å²) in [6.45, 7) is 7.66. The molecule has 2 N–H and O–H groups in total. The molecule has 6 nitrogen and oxygen atoms in total. The van der Waals surface area contributed by atoms with Gasteiger partial charge in [-0.3, -0.25) is 4.79 Å². The first-order valence-electron chi connectivity index (χ1n) is 10.0. The number of rotatable bonds is 10. The van der Waals surface area contributed by atoms with Crippen molar-refractivity contribution in [2.24, 2.45) is 0 Å². The highest BCUT2D eigenvalue weighted by molar-refractivity contribution is 5.92. The zero-order chi connectivity index (χ0) is 19.6. The van der Waals surface area contributed by atoms with Crippen molar-refractivity contribution in [1.82, 2.24) is 10.2 Å². The summed E-state index contributed by atoms with van der Waals surface area (Å²) in [6, 6.07) is 6.20. The Hall–Kier alpha value is -1.79. The van der Waals surface area contributed by atoms with Gasteiger partial charge in [-0.25, -0.2) is 0 Å². The average molecular weight is 378 g/mol. The van der Waals surface area contributed by atoms with Gasteiger partial charge in [0.2, 0.25) is 5.91 Å². The Bertz CT molecular complexity index is 594. The lowest BCUT2D eigenvalue weighted by Gasteiger charge is -2.33. The quantitative estimate of drug-likeness (QED) is 0.613. The number of methoxy groups -OCH3 is 2. The predicted molar refractivity (Wildman–Crippen MR) is 110 cm³/mol. The Kier molecular flexibility index (Phi) is 8.88. The van der Waals surface area contributed by atoms with E-state index in [0.717, 1.165) is 19.5 Å². The molecular weight excluding hydrogens is 342 g/mol. The van der Waals surface area contributed by atoms with E-state index < -0.39 is 0 Å². The molecule has 1 aromatic rings. The Morgan fingerprint density at radius 3 is 2.81 bits per heavy atom. The maximum absolute atomic E-state index is 12.4. The summed E-state index contributed by atoms with van der Waals surface area (Å²) in [5.41, 5.74) is 0.633. The van der Waals surface area contributed by atoms with Crippen LogP contribution in [-0.4, -0.2) is 56.7 Å². The normalized spacial score (nSPS) is 18.7. The van der Waals surface area contributed by atoms with E-state index in [1.807, 2.05) is 13.0 Å². The van der Waals surface area contributed by atoms with Crippen LogP contribution in [0.4, 0.5) is 5.69 Å². The van der Waals surface area contributed by atoms with Gasteiger partial charge in [-0.15, -0.1) is 0 Å². The van der Waals surface area contributed by atoms with E-state index in [2.05, 4.69) is 22.5 Å². The second-order valence-corrected chi connectivity index (χ2v) is 7.41. The number of hydrogen-bond acceptors (Lipinski definition) is 5. The molecular formula is C21H35N3O3. The van der Waals surface area contributed by atoms with E-state index in [-0.39, 0.29) is 11.9 Å². The van der Waals surface area contributed by atoms with Crippen LogP contribution in [-0.2, 0) is 4.79 Å². The zero-order valence-corrected chi connectivity index (χ0v) is 17.2. The fourth-order valence-corrected chi connectivity index (χ4v) is 3.58. The molecule has 1 heterocycles. The van der Waals surface area contributed by atoms with Crippen molar-refractivity contribution >= 4 is 11.6 Å². The van der Waals surface area contributed by atoms with Gasteiger partial charge >= 0.3 is 0 Å². The van der Waals surface area contributed by atoms with E-state index in [1.54, 1.807) is 26.4 Å². The number of hydrogen-bond donors (Lipinski definition) is 2. The summed E-state index contributed by atoms with van der Waals surface area (Å²) in [5.74, 6) is 1.27. The topological polar surface area (TPSA) is 62.8 Å². The molecule has 27 heavy (non-hydrogen) atoms. The first-order chi connectivity index (χ1) is 13.0. The molecule has 1 aromatic carbocycles. The number of piperidine rings is 1. The minimum Gasteiger partial charge on any atom is -0.497 e. The number of likely N-dealkylation sites (tertiary alicyclic amines) is 1. The molecule has 1 aliphatic rings. The zero-order valence-electron chi connectivity index (χ0n) is 17.2. The van der Waals surface area contributed by atoms with Gasteiger partial charge in [0.1, 0.15) is 11.5 Å². The molecule has 0 radical (unpaired) electrons. The molecule has 6 heteroatoms. The minimum atomic E-state index is -0.0359. The number of benzene rings is 1. The van der Waals surface area contributed by atoms with Crippen LogP contribution >= 0.6 is 0 Å². The molecule has 1 saturated heterocycles. The summed E-state index contributed by atoms with van der Waals surface area (Å²) in [7, 11) is 3.19. The predicted octanol–water partition coefficient (Wildman–Crippen LogP) is 3.28. The van der Waals surface area contributed by atoms with E-state index in [0.29, 0.717) is 29.6 Å². The van der Waals surface area contributed by atoms with Crippen LogP contribution in [0.25, 0.3) is 0 Å². The van der Waals surface area contributed by atoms with Gasteiger partial charge < -0.3 is 25.0 Å². The lowest BCUT2D eigenvalue weighted by atomic mass is 10.0. The molecule has 0 saturated carbocycles. The Morgan fingerprint density at radius 1 is 1.30 bits per heavy atom. The van der Waals surface area contributed by atoms with Crippen molar-refractivity contribution in [3.05, 3.63) is 18.2 Å². The fraction of sp³-hybridized carbons (Fsp3) is 0.667. The van der Waals surface area contributed by atoms with Gasteiger partial charge in [0, 0.05) is 24.6 Å². The molecule has 0 bridgehead atoms. The molecule has 1 fully saturated rings. The molecule has 0 aromatic heterocycles. The summed E-state index contributed by atoms with van der Waals surface area (Å²) in [6.07, 6.45) is 5.53. The highest BCUT2D eigenvalue weighted by Gasteiger charge is 2.17. The van der Waals surface area contributed by atoms with Gasteiger partial charge in [0.25, 0.3) is 0 Å². The molecule has 0 spiro atoms. The van der Waals surface area contributed by atoms with Crippen LogP contribution in [0.3, 0.4) is 0 Å². The Morgan fingerprint density at radius 2 is 2.11 bits per heavy atom. The van der Waals surface area contributed by atoms with E-state index in [9.17, 15) is 4.79 Å². The van der Waals surface area contributed by atoms with Gasteiger partial charge in [-0.05, 0) is 64.9 Å². The average Bonchev–Trinajstić information content (AvgIpc) is 2.66. The number of amides is 1. The molecule has 0 aliphatic carbocycles. The van der Waals surface area contributed by atoms with Crippen molar-refractivity contribution in [2.75, 3.05) is 39.2 Å². The smallest absolute Gasteiger partial charge is 0.226 e. The molecule has 2 atom stereocenters. The molecule has 1 amide bonds. The largest absolute Gasteiger partial charge is 0.497 e. The standard InChI is InChI=1S/C21H35N3O3/c1-16(22-11-7-13-24-12-6-5-8-17(24)2)14-21(25)23-19-15-18(26-3)9-10-20(19)27-4/h9-10,15-17,22H,5-8,11-14H2,1-4H3,(H,23,25). The van der Waals surface area contributed by atoms with Gasteiger partial charge in [-0.2, -0.15) is 0 Å². The number of ether oxygens (including phenoxy) is 2. The maximum Gasteiger partial charge on any atom is 0.226 e. The summed E-state index contributed by atoms with van der Waals surface area (Å²) >= 11 is 0. The summed E-state index contributed by atoms with van der Waals surface area (Å²) in [5, 5.41) is 6.38. The first-order valence-corrected chi connectivity index (χ1v) is 10.0. The van der Waals surface area contributed by atoms with Crippen LogP contribution in [0.5, 0.6) is 11.5 Å². The van der Waals surface area contributed by atoms with Gasteiger partial charge in [0.05, 0.1) is 19.9 Å². The third-order valence-corrected chi connectivity index (χ3v) is 5.23. The second kappa shape index (κ2) is 11.1. The van der Waals surface area contributed by atoms with Crippen molar-refractivity contribution in [2.45, 2.75) is 58.0 Å². The van der Waals surface area contributed by atoms with Crippen LogP contribution < -0.4 is 20.1 Å². The number of carbonyl (C=O) groups is 1. The van der Waals surface area contributed by atoms with Crippen molar-refractivity contribution in [3.63, 3.8) is 0 Å². The molecule has 1 aliphatic heterocycles. The SMILES string of the molecule is COc1ccc(OC)c(NC(=O)CC(C)NCCCN2CCCCC2C)c1. The fourth-order valence-electron chi connectivity index (χ4n) is 3.58.